The van der Waals surface area contributed by atoms with Gasteiger partial charge in [0.05, 0.1) is 17.3 Å². The van der Waals surface area contributed by atoms with Crippen LogP contribution in [-0.2, 0) is 18.1 Å². The monoisotopic (exact) mass is 669 g/mol. The third-order valence-corrected chi connectivity index (χ3v) is 18.9. The summed E-state index contributed by atoms with van der Waals surface area (Å²) in [6.07, 6.45) is 11.1. The van der Waals surface area contributed by atoms with E-state index in [1.54, 1.807) is 0 Å². The molecule has 0 aromatic rings. The fourth-order valence-electron chi connectivity index (χ4n) is 8.93. The second-order valence-electron chi connectivity index (χ2n) is 19.6. The SMILES string of the molecule is CC(C)C(C)(C)[Si](C)(C)OC(CCC(CCCC(C)(C)O[Si](C)(C)C)[C@H]1CC[C@H]2C(=O)CCC[C@]12C)C(C)(C)O[Si](C)(C)C. The normalized spacial score (nSPS) is 25.8. The first-order chi connectivity index (χ1) is 19.6. The molecule has 5 atom stereocenters. The summed E-state index contributed by atoms with van der Waals surface area (Å²) >= 11 is 0. The number of carbonyl (C=O) groups is 1. The van der Waals surface area contributed by atoms with Crippen molar-refractivity contribution in [2.24, 2.45) is 29.1 Å². The van der Waals surface area contributed by atoms with E-state index in [0.717, 1.165) is 38.5 Å². The average molecular weight is 669 g/mol. The highest BCUT2D eigenvalue weighted by Gasteiger charge is 2.53. The van der Waals surface area contributed by atoms with Crippen molar-refractivity contribution < 1.29 is 18.1 Å². The van der Waals surface area contributed by atoms with Gasteiger partial charge in [-0.05, 0) is 153 Å². The number of Topliss-reactive ketones (excluding diaryl/α,β-unsaturated/α-hetero) is 1. The van der Waals surface area contributed by atoms with E-state index in [-0.39, 0.29) is 33.7 Å². The fourth-order valence-corrected chi connectivity index (χ4v) is 15.2. The summed E-state index contributed by atoms with van der Waals surface area (Å²) in [5.41, 5.74) is -0.282. The summed E-state index contributed by atoms with van der Waals surface area (Å²) in [6, 6.07) is 0. The number of carbonyl (C=O) groups excluding carboxylic acids is 1. The van der Waals surface area contributed by atoms with Gasteiger partial charge in [-0.1, -0.05) is 47.5 Å². The maximum atomic E-state index is 13.1. The Morgan fingerprint density at radius 3 is 1.93 bits per heavy atom. The molecule has 2 saturated carbocycles. The molecule has 0 spiro atoms. The lowest BCUT2D eigenvalue weighted by atomic mass is 9.61. The molecule has 0 heterocycles. The van der Waals surface area contributed by atoms with Gasteiger partial charge in [0, 0.05) is 12.3 Å². The van der Waals surface area contributed by atoms with Crippen molar-refractivity contribution >= 4 is 30.7 Å². The summed E-state index contributed by atoms with van der Waals surface area (Å²) in [5, 5.41) is 0.149. The molecule has 0 amide bonds. The first-order valence-electron chi connectivity index (χ1n) is 18.2. The largest absolute Gasteiger partial charge is 0.413 e. The van der Waals surface area contributed by atoms with Gasteiger partial charge in [0.15, 0.2) is 25.0 Å². The Bertz CT molecular complexity index is 943. The number of hydrogen-bond acceptors (Lipinski definition) is 4. The smallest absolute Gasteiger partial charge is 0.193 e. The van der Waals surface area contributed by atoms with Gasteiger partial charge in [-0.3, -0.25) is 4.79 Å². The Morgan fingerprint density at radius 2 is 1.41 bits per heavy atom. The van der Waals surface area contributed by atoms with Gasteiger partial charge in [-0.25, -0.2) is 0 Å². The van der Waals surface area contributed by atoms with Gasteiger partial charge in [0.25, 0.3) is 0 Å². The van der Waals surface area contributed by atoms with Crippen LogP contribution >= 0.6 is 0 Å². The number of ketones is 1. The third kappa shape index (κ3) is 10.6. The minimum atomic E-state index is -2.09. The molecule has 44 heavy (non-hydrogen) atoms. The summed E-state index contributed by atoms with van der Waals surface area (Å²) in [7, 11) is -5.51. The first kappa shape index (κ1) is 40.4. The Morgan fingerprint density at radius 1 is 0.841 bits per heavy atom. The van der Waals surface area contributed by atoms with Crippen molar-refractivity contribution in [3.8, 4) is 0 Å². The molecule has 2 unspecified atom stereocenters. The van der Waals surface area contributed by atoms with Crippen LogP contribution in [0.3, 0.4) is 0 Å². The summed E-state index contributed by atoms with van der Waals surface area (Å²) in [6.45, 7) is 39.8. The highest BCUT2D eigenvalue weighted by atomic mass is 28.4. The van der Waals surface area contributed by atoms with Crippen molar-refractivity contribution in [3.63, 3.8) is 0 Å². The second-order valence-corrected chi connectivity index (χ2v) is 33.0. The van der Waals surface area contributed by atoms with E-state index in [4.69, 9.17) is 13.3 Å². The fraction of sp³-hybridized carbons (Fsp3) is 0.973. The van der Waals surface area contributed by atoms with Crippen LogP contribution in [0, 0.1) is 29.1 Å². The summed E-state index contributed by atoms with van der Waals surface area (Å²) in [5.74, 6) is 2.57. The van der Waals surface area contributed by atoms with E-state index in [0.29, 0.717) is 23.5 Å². The molecule has 0 aliphatic heterocycles. The third-order valence-electron chi connectivity index (χ3n) is 12.0. The van der Waals surface area contributed by atoms with Crippen LogP contribution in [0.2, 0.25) is 57.4 Å². The molecule has 2 aliphatic carbocycles. The van der Waals surface area contributed by atoms with Gasteiger partial charge in [0.1, 0.15) is 5.78 Å². The minimum Gasteiger partial charge on any atom is -0.413 e. The predicted octanol–water partition coefficient (Wildman–Crippen LogP) is 11.6. The number of hydrogen-bond donors (Lipinski definition) is 0. The number of fused-ring (bicyclic) bond motifs is 1. The van der Waals surface area contributed by atoms with Gasteiger partial charge in [-0.2, -0.15) is 0 Å². The van der Waals surface area contributed by atoms with Crippen LogP contribution < -0.4 is 0 Å². The zero-order valence-electron chi connectivity index (χ0n) is 32.6. The zero-order valence-corrected chi connectivity index (χ0v) is 35.6. The topological polar surface area (TPSA) is 44.8 Å². The van der Waals surface area contributed by atoms with E-state index < -0.39 is 25.0 Å². The molecule has 260 valence electrons. The highest BCUT2D eigenvalue weighted by molar-refractivity contribution is 6.74. The summed E-state index contributed by atoms with van der Waals surface area (Å²) in [4.78, 5) is 13.1. The standard InChI is InChI=1S/C37H76O4Si3/c1-28(2)36(7,8)44(16,17)39-33(35(5,6)41-43(13,14)15)25-22-29(20-18-26-34(3,4)40-42(10,11)12)30-23-24-31-32(38)21-19-27-37(30,31)9/h28-31,33H,18-27H2,1-17H3/t29?,30-,31+,33?,37-/m1/s1. The summed E-state index contributed by atoms with van der Waals surface area (Å²) < 4.78 is 21.0. The van der Waals surface area contributed by atoms with Crippen LogP contribution in [0.15, 0.2) is 0 Å². The Labute approximate surface area is 278 Å². The molecule has 7 heteroatoms. The Hall–Kier alpha value is 0.201. The van der Waals surface area contributed by atoms with Crippen LogP contribution in [0.5, 0.6) is 0 Å². The molecule has 2 fully saturated rings. The lowest BCUT2D eigenvalue weighted by molar-refractivity contribution is -0.130. The molecule has 2 rings (SSSR count). The molecule has 0 bridgehead atoms. The van der Waals surface area contributed by atoms with E-state index >= 15 is 0 Å². The van der Waals surface area contributed by atoms with Crippen molar-refractivity contribution in [3.05, 3.63) is 0 Å². The molecule has 0 N–H and O–H groups in total. The van der Waals surface area contributed by atoms with Gasteiger partial charge < -0.3 is 13.3 Å². The van der Waals surface area contributed by atoms with Gasteiger partial charge >= 0.3 is 0 Å². The zero-order chi connectivity index (χ0) is 34.2. The molecule has 0 saturated heterocycles. The van der Waals surface area contributed by atoms with Crippen LogP contribution in [0.25, 0.3) is 0 Å². The number of rotatable bonds is 17. The molecular weight excluding hydrogens is 593 g/mol. The predicted molar refractivity (Wildman–Crippen MR) is 198 cm³/mol. The molecule has 0 aromatic heterocycles. The molecule has 2 aliphatic rings. The Kier molecular flexibility index (Phi) is 13.2. The van der Waals surface area contributed by atoms with Crippen molar-refractivity contribution in [2.75, 3.05) is 0 Å². The van der Waals surface area contributed by atoms with Crippen LogP contribution in [0.4, 0.5) is 0 Å². The molecule has 0 aromatic carbocycles. The lowest BCUT2D eigenvalue weighted by Crippen LogP contribution is -2.55. The van der Waals surface area contributed by atoms with Crippen molar-refractivity contribution in [2.45, 2.75) is 201 Å². The first-order valence-corrected chi connectivity index (χ1v) is 28.0. The highest BCUT2D eigenvalue weighted by Crippen LogP contribution is 2.58. The van der Waals surface area contributed by atoms with Gasteiger partial charge in [-0.15, -0.1) is 0 Å². The Balaban J connectivity index is 2.39. The van der Waals surface area contributed by atoms with Gasteiger partial charge in [0.2, 0.25) is 0 Å². The van der Waals surface area contributed by atoms with Crippen molar-refractivity contribution in [1.29, 1.82) is 0 Å². The quantitative estimate of drug-likeness (QED) is 0.145. The average Bonchev–Trinajstić information content (AvgIpc) is 3.14. The van der Waals surface area contributed by atoms with E-state index in [1.165, 1.54) is 25.7 Å². The van der Waals surface area contributed by atoms with E-state index in [2.05, 4.69) is 115 Å². The maximum Gasteiger partial charge on any atom is 0.193 e. The van der Waals surface area contributed by atoms with Crippen LogP contribution in [0.1, 0.15) is 127 Å². The molecule has 0 radical (unpaired) electrons. The second kappa shape index (κ2) is 14.4. The van der Waals surface area contributed by atoms with Crippen molar-refractivity contribution in [1.82, 2.24) is 0 Å². The molecule has 4 nitrogen and oxygen atoms in total. The van der Waals surface area contributed by atoms with Crippen LogP contribution in [-0.4, -0.2) is 48.0 Å². The van der Waals surface area contributed by atoms with E-state index in [1.807, 2.05) is 0 Å². The minimum absolute atomic E-state index is 0.0566. The maximum absolute atomic E-state index is 13.1. The van der Waals surface area contributed by atoms with E-state index in [9.17, 15) is 4.79 Å². The lowest BCUT2D eigenvalue weighted by Gasteiger charge is -2.49. The molecular formula is C37H76O4Si3.